The van der Waals surface area contributed by atoms with Crippen LogP contribution in [0.3, 0.4) is 0 Å². The first kappa shape index (κ1) is 11.6. The summed E-state index contributed by atoms with van der Waals surface area (Å²) in [5.74, 6) is 0.385. The maximum atomic E-state index is 10.5. The Balaban J connectivity index is 1.99. The van der Waals surface area contributed by atoms with Crippen LogP contribution in [0, 0.1) is 10.1 Å². The van der Waals surface area contributed by atoms with Crippen molar-refractivity contribution in [1.82, 2.24) is 9.97 Å². The third-order valence-corrected chi connectivity index (χ3v) is 2.05. The zero-order chi connectivity index (χ0) is 12.8. The van der Waals surface area contributed by atoms with Crippen molar-refractivity contribution in [2.24, 2.45) is 5.10 Å². The number of hydrogen-bond donors (Lipinski definition) is 1. The van der Waals surface area contributed by atoms with E-state index in [0.29, 0.717) is 5.95 Å². The molecule has 18 heavy (non-hydrogen) atoms. The standard InChI is InChI=1S/C11H9N5O2/c17-16(18)10-4-2-9(3-5-10)8-14-15-11-12-6-1-7-13-11/h1-8H,(H,12,13,15)/b14-8+. The molecule has 1 heterocycles. The molecule has 0 unspecified atom stereocenters. The fourth-order valence-corrected chi connectivity index (χ4v) is 1.20. The minimum absolute atomic E-state index is 0.0477. The highest BCUT2D eigenvalue weighted by atomic mass is 16.6. The van der Waals surface area contributed by atoms with Gasteiger partial charge in [0.1, 0.15) is 0 Å². The third-order valence-electron chi connectivity index (χ3n) is 2.05. The highest BCUT2D eigenvalue weighted by Crippen LogP contribution is 2.10. The summed E-state index contributed by atoms with van der Waals surface area (Å²) in [7, 11) is 0. The van der Waals surface area contributed by atoms with Gasteiger partial charge in [0, 0.05) is 24.5 Å². The predicted octanol–water partition coefficient (Wildman–Crippen LogP) is 1.83. The highest BCUT2D eigenvalue weighted by Gasteiger charge is 2.02. The van der Waals surface area contributed by atoms with Gasteiger partial charge in [-0.25, -0.2) is 15.4 Å². The summed E-state index contributed by atoms with van der Waals surface area (Å²) in [6.07, 6.45) is 4.72. The Hall–Kier alpha value is -2.83. The first-order valence-corrected chi connectivity index (χ1v) is 5.06. The van der Waals surface area contributed by atoms with Crippen LogP contribution in [-0.4, -0.2) is 21.1 Å². The molecule has 0 aliphatic heterocycles. The van der Waals surface area contributed by atoms with E-state index in [1.54, 1.807) is 30.6 Å². The second-order valence-corrected chi connectivity index (χ2v) is 3.29. The van der Waals surface area contributed by atoms with Crippen LogP contribution in [0.1, 0.15) is 5.56 Å². The number of anilines is 1. The number of rotatable bonds is 4. The van der Waals surface area contributed by atoms with Crippen LogP contribution in [0.15, 0.2) is 47.8 Å². The number of nitro groups is 1. The average Bonchev–Trinajstić information content (AvgIpc) is 2.40. The molecule has 7 heteroatoms. The van der Waals surface area contributed by atoms with Gasteiger partial charge in [0.05, 0.1) is 11.1 Å². The van der Waals surface area contributed by atoms with E-state index in [1.165, 1.54) is 18.3 Å². The maximum Gasteiger partial charge on any atom is 0.269 e. The summed E-state index contributed by atoms with van der Waals surface area (Å²) in [4.78, 5) is 17.9. The summed E-state index contributed by atoms with van der Waals surface area (Å²) in [5, 5.41) is 14.4. The lowest BCUT2D eigenvalue weighted by atomic mass is 10.2. The summed E-state index contributed by atoms with van der Waals surface area (Å²) in [5.41, 5.74) is 3.43. The molecule has 0 atom stereocenters. The predicted molar refractivity (Wildman–Crippen MR) is 66.3 cm³/mol. The van der Waals surface area contributed by atoms with Gasteiger partial charge in [0.25, 0.3) is 5.69 Å². The lowest BCUT2D eigenvalue weighted by Crippen LogP contribution is -1.95. The summed E-state index contributed by atoms with van der Waals surface area (Å²) in [6, 6.07) is 7.75. The largest absolute Gasteiger partial charge is 0.269 e. The number of nitrogens with one attached hydrogen (secondary N) is 1. The van der Waals surface area contributed by atoms with Crippen molar-refractivity contribution < 1.29 is 4.92 Å². The van der Waals surface area contributed by atoms with Gasteiger partial charge in [-0.2, -0.15) is 5.10 Å². The second kappa shape index (κ2) is 5.48. The normalized spacial score (nSPS) is 10.4. The van der Waals surface area contributed by atoms with E-state index >= 15 is 0 Å². The van der Waals surface area contributed by atoms with Gasteiger partial charge in [-0.1, -0.05) is 0 Å². The number of nitro benzene ring substituents is 1. The Morgan fingerprint density at radius 2 is 1.89 bits per heavy atom. The molecule has 0 amide bonds. The van der Waals surface area contributed by atoms with E-state index < -0.39 is 4.92 Å². The van der Waals surface area contributed by atoms with Crippen molar-refractivity contribution in [3.63, 3.8) is 0 Å². The number of non-ortho nitro benzene ring substituents is 1. The van der Waals surface area contributed by atoms with Crippen LogP contribution in [0.2, 0.25) is 0 Å². The molecule has 2 aromatic rings. The first-order chi connectivity index (χ1) is 8.75. The number of hydrogen-bond acceptors (Lipinski definition) is 6. The summed E-state index contributed by atoms with van der Waals surface area (Å²) < 4.78 is 0. The summed E-state index contributed by atoms with van der Waals surface area (Å²) >= 11 is 0. The number of hydrazone groups is 1. The van der Waals surface area contributed by atoms with E-state index in [9.17, 15) is 10.1 Å². The molecule has 1 N–H and O–H groups in total. The number of nitrogens with zero attached hydrogens (tertiary/aromatic N) is 4. The quantitative estimate of drug-likeness (QED) is 0.502. The van der Waals surface area contributed by atoms with E-state index in [1.807, 2.05) is 0 Å². The number of benzene rings is 1. The van der Waals surface area contributed by atoms with Crippen molar-refractivity contribution in [3.8, 4) is 0 Å². The average molecular weight is 243 g/mol. The van der Waals surface area contributed by atoms with Crippen LogP contribution in [-0.2, 0) is 0 Å². The van der Waals surface area contributed by atoms with Crippen LogP contribution in [0.25, 0.3) is 0 Å². The molecule has 7 nitrogen and oxygen atoms in total. The van der Waals surface area contributed by atoms with Crippen LogP contribution in [0.5, 0.6) is 0 Å². The molecule has 90 valence electrons. The number of aromatic nitrogens is 2. The van der Waals surface area contributed by atoms with Gasteiger partial charge in [-0.3, -0.25) is 10.1 Å². The van der Waals surface area contributed by atoms with Crippen LogP contribution in [0.4, 0.5) is 11.6 Å². The minimum Gasteiger partial charge on any atom is -0.258 e. The molecule has 1 aromatic carbocycles. The zero-order valence-corrected chi connectivity index (χ0v) is 9.22. The smallest absolute Gasteiger partial charge is 0.258 e. The molecule has 0 spiro atoms. The molecule has 2 rings (SSSR count). The van der Waals surface area contributed by atoms with Gasteiger partial charge in [0.15, 0.2) is 0 Å². The highest BCUT2D eigenvalue weighted by molar-refractivity contribution is 5.80. The van der Waals surface area contributed by atoms with Gasteiger partial charge >= 0.3 is 0 Å². The molecule has 0 bridgehead atoms. The van der Waals surface area contributed by atoms with Gasteiger partial charge in [-0.05, 0) is 23.8 Å². The Labute approximate surface area is 102 Å². The molecule has 0 fully saturated rings. The van der Waals surface area contributed by atoms with Crippen molar-refractivity contribution >= 4 is 17.9 Å². The van der Waals surface area contributed by atoms with E-state index in [0.717, 1.165) is 5.56 Å². The van der Waals surface area contributed by atoms with Gasteiger partial charge < -0.3 is 0 Å². The van der Waals surface area contributed by atoms with Crippen molar-refractivity contribution in [1.29, 1.82) is 0 Å². The SMILES string of the molecule is O=[N+]([O-])c1ccc(/C=N/Nc2ncccn2)cc1. The Kier molecular flexibility index (Phi) is 3.55. The Morgan fingerprint density at radius 1 is 1.22 bits per heavy atom. The van der Waals surface area contributed by atoms with Gasteiger partial charge in [0.2, 0.25) is 5.95 Å². The summed E-state index contributed by atoms with van der Waals surface area (Å²) in [6.45, 7) is 0. The zero-order valence-electron chi connectivity index (χ0n) is 9.22. The molecule has 0 aliphatic carbocycles. The minimum atomic E-state index is -0.447. The van der Waals surface area contributed by atoms with Gasteiger partial charge in [-0.15, -0.1) is 0 Å². The van der Waals surface area contributed by atoms with E-state index in [2.05, 4.69) is 20.5 Å². The van der Waals surface area contributed by atoms with Crippen LogP contribution >= 0.6 is 0 Å². The first-order valence-electron chi connectivity index (χ1n) is 5.06. The Bertz CT molecular complexity index is 553. The fraction of sp³-hybridized carbons (Fsp3) is 0. The van der Waals surface area contributed by atoms with Crippen molar-refractivity contribution in [3.05, 3.63) is 58.4 Å². The molecule has 0 saturated heterocycles. The molecule has 0 saturated carbocycles. The molecular weight excluding hydrogens is 234 g/mol. The van der Waals surface area contributed by atoms with Crippen LogP contribution < -0.4 is 5.43 Å². The lowest BCUT2D eigenvalue weighted by Gasteiger charge is -1.96. The topological polar surface area (TPSA) is 93.3 Å². The van der Waals surface area contributed by atoms with E-state index in [4.69, 9.17) is 0 Å². The van der Waals surface area contributed by atoms with Crippen molar-refractivity contribution in [2.75, 3.05) is 5.43 Å². The van der Waals surface area contributed by atoms with E-state index in [-0.39, 0.29) is 5.69 Å². The lowest BCUT2D eigenvalue weighted by molar-refractivity contribution is -0.384. The van der Waals surface area contributed by atoms with Crippen molar-refractivity contribution in [2.45, 2.75) is 0 Å². The fourth-order valence-electron chi connectivity index (χ4n) is 1.20. The monoisotopic (exact) mass is 243 g/mol. The maximum absolute atomic E-state index is 10.5. The molecule has 1 aromatic heterocycles. The Morgan fingerprint density at radius 3 is 2.50 bits per heavy atom. The second-order valence-electron chi connectivity index (χ2n) is 3.29. The molecular formula is C11H9N5O2. The molecule has 0 aliphatic rings. The third kappa shape index (κ3) is 3.08. The molecule has 0 radical (unpaired) electrons.